The molecule has 2 rings (SSSR count). The predicted molar refractivity (Wildman–Crippen MR) is 66.4 cm³/mol. The van der Waals surface area contributed by atoms with Gasteiger partial charge >= 0.3 is 0 Å². The Morgan fingerprint density at radius 1 is 1.35 bits per heavy atom. The van der Waals surface area contributed by atoms with E-state index in [4.69, 9.17) is 5.73 Å². The molecule has 0 saturated heterocycles. The molecular formula is C13H24N2O2. The maximum Gasteiger partial charge on any atom is 0.240 e. The Balaban J connectivity index is 1.79. The van der Waals surface area contributed by atoms with Gasteiger partial charge in [0.1, 0.15) is 0 Å². The molecule has 2 fully saturated rings. The van der Waals surface area contributed by atoms with Crippen LogP contribution in [0, 0.1) is 5.92 Å². The Hall–Kier alpha value is -0.610. The first kappa shape index (κ1) is 12.8. The van der Waals surface area contributed by atoms with Gasteiger partial charge in [-0.05, 0) is 50.9 Å². The lowest BCUT2D eigenvalue weighted by Gasteiger charge is -2.39. The van der Waals surface area contributed by atoms with Gasteiger partial charge in [0.2, 0.25) is 5.91 Å². The van der Waals surface area contributed by atoms with Gasteiger partial charge in [-0.3, -0.25) is 4.79 Å². The van der Waals surface area contributed by atoms with Crippen molar-refractivity contribution in [1.29, 1.82) is 0 Å². The van der Waals surface area contributed by atoms with Crippen molar-refractivity contribution in [3.05, 3.63) is 0 Å². The largest absolute Gasteiger partial charge is 0.388 e. The highest BCUT2D eigenvalue weighted by atomic mass is 16.3. The van der Waals surface area contributed by atoms with Crippen molar-refractivity contribution < 1.29 is 9.90 Å². The fourth-order valence-electron chi connectivity index (χ4n) is 2.68. The van der Waals surface area contributed by atoms with Crippen LogP contribution in [0.3, 0.4) is 0 Å². The van der Waals surface area contributed by atoms with E-state index >= 15 is 0 Å². The molecule has 2 aliphatic rings. The quantitative estimate of drug-likeness (QED) is 0.687. The van der Waals surface area contributed by atoms with E-state index in [1.54, 1.807) is 0 Å². The summed E-state index contributed by atoms with van der Waals surface area (Å²) in [6.07, 6.45) is 6.23. The zero-order valence-corrected chi connectivity index (χ0v) is 10.7. The standard InChI is InChI=1S/C13H24N2O2/c1-10-3-7-12(17,8-4-10)9-15-11(16)13(14)5-2-6-13/h10,17H,2-9,14H2,1H3,(H,15,16). The first-order valence-corrected chi connectivity index (χ1v) is 6.73. The van der Waals surface area contributed by atoms with Crippen LogP contribution < -0.4 is 11.1 Å². The first-order chi connectivity index (χ1) is 7.94. The Bertz CT molecular complexity index is 292. The molecule has 4 N–H and O–H groups in total. The molecule has 0 radical (unpaired) electrons. The van der Waals surface area contributed by atoms with Crippen LogP contribution in [0.2, 0.25) is 0 Å². The molecule has 98 valence electrons. The second-order valence-electron chi connectivity index (χ2n) is 6.10. The highest BCUT2D eigenvalue weighted by Gasteiger charge is 2.41. The molecule has 0 aromatic carbocycles. The molecule has 0 heterocycles. The van der Waals surface area contributed by atoms with E-state index in [-0.39, 0.29) is 5.91 Å². The van der Waals surface area contributed by atoms with E-state index in [0.717, 1.165) is 44.9 Å². The summed E-state index contributed by atoms with van der Waals surface area (Å²) < 4.78 is 0. The van der Waals surface area contributed by atoms with Crippen LogP contribution in [0.4, 0.5) is 0 Å². The van der Waals surface area contributed by atoms with Gasteiger partial charge in [0.05, 0.1) is 11.1 Å². The fraction of sp³-hybridized carbons (Fsp3) is 0.923. The average molecular weight is 240 g/mol. The molecule has 0 spiro atoms. The zero-order valence-electron chi connectivity index (χ0n) is 10.7. The van der Waals surface area contributed by atoms with Crippen molar-refractivity contribution in [2.45, 2.75) is 63.0 Å². The lowest BCUT2D eigenvalue weighted by atomic mass is 9.76. The van der Waals surface area contributed by atoms with Gasteiger partial charge in [0.25, 0.3) is 0 Å². The second kappa shape index (κ2) is 4.58. The summed E-state index contributed by atoms with van der Waals surface area (Å²) in [6.45, 7) is 2.57. The minimum absolute atomic E-state index is 0.0872. The maximum atomic E-state index is 11.8. The van der Waals surface area contributed by atoms with Crippen molar-refractivity contribution in [1.82, 2.24) is 5.32 Å². The molecule has 2 saturated carbocycles. The van der Waals surface area contributed by atoms with Crippen LogP contribution in [0.1, 0.15) is 51.9 Å². The molecule has 0 atom stereocenters. The second-order valence-corrected chi connectivity index (χ2v) is 6.10. The number of carbonyl (C=O) groups excluding carboxylic acids is 1. The molecule has 0 aromatic heterocycles. The maximum absolute atomic E-state index is 11.8. The van der Waals surface area contributed by atoms with Gasteiger partial charge in [0, 0.05) is 6.54 Å². The summed E-state index contributed by atoms with van der Waals surface area (Å²) in [5.74, 6) is 0.606. The van der Waals surface area contributed by atoms with E-state index in [1.165, 1.54) is 0 Å². The summed E-state index contributed by atoms with van der Waals surface area (Å²) in [4.78, 5) is 11.8. The van der Waals surface area contributed by atoms with Gasteiger partial charge in [-0.15, -0.1) is 0 Å². The monoisotopic (exact) mass is 240 g/mol. The molecule has 0 bridgehead atoms. The zero-order chi connectivity index (χ0) is 12.5. The third-order valence-corrected chi connectivity index (χ3v) is 4.48. The van der Waals surface area contributed by atoms with Crippen LogP contribution in [0.5, 0.6) is 0 Å². The van der Waals surface area contributed by atoms with Crippen molar-refractivity contribution in [3.8, 4) is 0 Å². The smallest absolute Gasteiger partial charge is 0.240 e. The first-order valence-electron chi connectivity index (χ1n) is 6.73. The number of nitrogens with two attached hydrogens (primary N) is 1. The van der Waals surface area contributed by atoms with E-state index in [9.17, 15) is 9.90 Å². The summed E-state index contributed by atoms with van der Waals surface area (Å²) in [7, 11) is 0. The predicted octanol–water partition coefficient (Wildman–Crippen LogP) is 0.925. The number of aliphatic hydroxyl groups is 1. The molecule has 0 unspecified atom stereocenters. The van der Waals surface area contributed by atoms with Crippen molar-refractivity contribution >= 4 is 5.91 Å². The Kier molecular flexibility index (Phi) is 3.46. The number of rotatable bonds is 3. The third-order valence-electron chi connectivity index (χ3n) is 4.48. The van der Waals surface area contributed by atoms with Gasteiger partial charge in [0.15, 0.2) is 0 Å². The van der Waals surface area contributed by atoms with Crippen LogP contribution in [-0.4, -0.2) is 28.7 Å². The molecule has 4 heteroatoms. The van der Waals surface area contributed by atoms with Gasteiger partial charge in [-0.25, -0.2) is 0 Å². The SMILES string of the molecule is CC1CCC(O)(CNC(=O)C2(N)CCC2)CC1. The molecule has 17 heavy (non-hydrogen) atoms. The number of nitrogens with one attached hydrogen (secondary N) is 1. The van der Waals surface area contributed by atoms with E-state index in [2.05, 4.69) is 12.2 Å². The van der Waals surface area contributed by atoms with Crippen LogP contribution in [0.15, 0.2) is 0 Å². The third kappa shape index (κ3) is 2.80. The van der Waals surface area contributed by atoms with Crippen molar-refractivity contribution in [3.63, 3.8) is 0 Å². The molecule has 0 aliphatic heterocycles. The number of hydrogen-bond donors (Lipinski definition) is 3. The summed E-state index contributed by atoms with van der Waals surface area (Å²) in [6, 6.07) is 0. The molecular weight excluding hydrogens is 216 g/mol. The fourth-order valence-corrected chi connectivity index (χ4v) is 2.68. The summed E-state index contributed by atoms with van der Waals surface area (Å²) in [5.41, 5.74) is 4.57. The van der Waals surface area contributed by atoms with E-state index in [1.807, 2.05) is 0 Å². The lowest BCUT2D eigenvalue weighted by Crippen LogP contribution is -2.60. The highest BCUT2D eigenvalue weighted by Crippen LogP contribution is 2.32. The molecule has 4 nitrogen and oxygen atoms in total. The van der Waals surface area contributed by atoms with Gasteiger partial charge in [-0.2, -0.15) is 0 Å². The Morgan fingerprint density at radius 2 is 1.94 bits per heavy atom. The average Bonchev–Trinajstić information content (AvgIpc) is 2.27. The Labute approximate surface area is 103 Å². The molecule has 0 aromatic rings. The lowest BCUT2D eigenvalue weighted by molar-refractivity contribution is -0.131. The molecule has 2 aliphatic carbocycles. The van der Waals surface area contributed by atoms with Crippen molar-refractivity contribution in [2.24, 2.45) is 11.7 Å². The minimum Gasteiger partial charge on any atom is -0.388 e. The van der Waals surface area contributed by atoms with Crippen LogP contribution >= 0.6 is 0 Å². The van der Waals surface area contributed by atoms with Crippen LogP contribution in [0.25, 0.3) is 0 Å². The topological polar surface area (TPSA) is 75.3 Å². The normalized spacial score (nSPS) is 36.1. The number of hydrogen-bond acceptors (Lipinski definition) is 3. The number of carbonyl (C=O) groups is 1. The van der Waals surface area contributed by atoms with E-state index in [0.29, 0.717) is 12.5 Å². The van der Waals surface area contributed by atoms with E-state index < -0.39 is 11.1 Å². The van der Waals surface area contributed by atoms with Crippen molar-refractivity contribution in [2.75, 3.05) is 6.54 Å². The van der Waals surface area contributed by atoms with Gasteiger partial charge < -0.3 is 16.2 Å². The highest BCUT2D eigenvalue weighted by molar-refractivity contribution is 5.87. The summed E-state index contributed by atoms with van der Waals surface area (Å²) >= 11 is 0. The Morgan fingerprint density at radius 3 is 2.41 bits per heavy atom. The minimum atomic E-state index is -0.706. The van der Waals surface area contributed by atoms with Crippen LogP contribution in [-0.2, 0) is 4.79 Å². The number of amides is 1. The van der Waals surface area contributed by atoms with Gasteiger partial charge in [-0.1, -0.05) is 6.92 Å². The summed E-state index contributed by atoms with van der Waals surface area (Å²) in [5, 5.41) is 13.2. The molecule has 1 amide bonds.